The average Bonchev–Trinajstić information content (AvgIpc) is 3.01. The Morgan fingerprint density at radius 3 is 1.47 bits per heavy atom. The molecule has 0 N–H and O–H groups in total. The molecule has 4 aromatic carbocycles. The lowest BCUT2D eigenvalue weighted by molar-refractivity contribution is 1.28. The van der Waals surface area contributed by atoms with Gasteiger partial charge in [0.1, 0.15) is 0 Å². The number of benzene rings is 4. The van der Waals surface area contributed by atoms with Crippen LogP contribution in [0.5, 0.6) is 0 Å². The first kappa shape index (κ1) is 28.8. The number of hydrogen-bond acceptors (Lipinski definition) is 3. The minimum absolute atomic E-state index is 0.988. The van der Waals surface area contributed by atoms with Crippen molar-refractivity contribution in [2.45, 2.75) is 39.3 Å². The molecule has 0 aliphatic carbocycles. The normalized spacial score (nSPS) is 12.0. The summed E-state index contributed by atoms with van der Waals surface area (Å²) in [7, 11) is -2.84. The molecule has 6 rings (SSSR count). The van der Waals surface area contributed by atoms with Crippen LogP contribution in [0.2, 0.25) is 39.3 Å². The average molecular weight is 594 g/mol. The maximum absolute atomic E-state index is 4.90. The molecule has 2 aromatic heterocycles. The van der Waals surface area contributed by atoms with Gasteiger partial charge in [0.25, 0.3) is 0 Å². The summed E-state index contributed by atoms with van der Waals surface area (Å²) in [5.74, 6) is 0. The van der Waals surface area contributed by atoms with Crippen molar-refractivity contribution in [2.75, 3.05) is 4.90 Å². The van der Waals surface area contributed by atoms with Crippen molar-refractivity contribution in [3.8, 4) is 22.5 Å². The van der Waals surface area contributed by atoms with Crippen LogP contribution in [-0.4, -0.2) is 26.1 Å². The summed E-state index contributed by atoms with van der Waals surface area (Å²) in [5.41, 5.74) is 7.49. The van der Waals surface area contributed by atoms with Crippen molar-refractivity contribution >= 4 is 54.4 Å². The summed E-state index contributed by atoms with van der Waals surface area (Å²) < 4.78 is 0. The van der Waals surface area contributed by atoms with Crippen LogP contribution < -0.4 is 15.3 Å². The molecule has 43 heavy (non-hydrogen) atoms. The van der Waals surface area contributed by atoms with Crippen molar-refractivity contribution in [1.29, 1.82) is 0 Å². The monoisotopic (exact) mass is 593 g/mol. The van der Waals surface area contributed by atoms with E-state index in [0.29, 0.717) is 0 Å². The van der Waals surface area contributed by atoms with Crippen LogP contribution in [-0.2, 0) is 0 Å². The van der Waals surface area contributed by atoms with Crippen LogP contribution in [0.25, 0.3) is 33.3 Å². The van der Waals surface area contributed by atoms with Crippen LogP contribution in [0.1, 0.15) is 0 Å². The predicted molar refractivity (Wildman–Crippen MR) is 191 cm³/mol. The van der Waals surface area contributed by atoms with E-state index in [-0.39, 0.29) is 0 Å². The third-order valence-corrected chi connectivity index (χ3v) is 12.1. The van der Waals surface area contributed by atoms with Gasteiger partial charge in [-0.1, -0.05) is 112 Å². The number of rotatable bonds is 7. The molecule has 0 fully saturated rings. The second kappa shape index (κ2) is 11.4. The zero-order valence-corrected chi connectivity index (χ0v) is 28.0. The third-order valence-electron chi connectivity index (χ3n) is 8.07. The zero-order valence-electron chi connectivity index (χ0n) is 26.0. The predicted octanol–water partition coefficient (Wildman–Crippen LogP) is 9.52. The number of pyridine rings is 2. The fourth-order valence-corrected chi connectivity index (χ4v) is 7.53. The van der Waals surface area contributed by atoms with E-state index in [1.165, 1.54) is 21.1 Å². The van der Waals surface area contributed by atoms with Crippen LogP contribution >= 0.6 is 0 Å². The molecule has 0 atom stereocenters. The molecule has 0 radical (unpaired) electrons. The number of anilines is 3. The molecule has 0 unspecified atom stereocenters. The molecule has 6 aromatic rings. The van der Waals surface area contributed by atoms with Gasteiger partial charge in [0, 0.05) is 40.3 Å². The quantitative estimate of drug-likeness (QED) is 0.173. The maximum Gasteiger partial charge on any atom is 0.0796 e. The zero-order chi connectivity index (χ0) is 30.2. The van der Waals surface area contributed by atoms with E-state index in [0.717, 1.165) is 39.6 Å². The Bertz CT molecular complexity index is 1780. The molecule has 0 saturated carbocycles. The lowest BCUT2D eigenvalue weighted by Crippen LogP contribution is -2.37. The van der Waals surface area contributed by atoms with Crippen LogP contribution in [0, 0.1) is 0 Å². The number of fused-ring (bicyclic) bond motifs is 1. The van der Waals surface area contributed by atoms with Gasteiger partial charge in [-0.15, -0.1) is 0 Å². The van der Waals surface area contributed by atoms with Gasteiger partial charge in [-0.05, 0) is 58.2 Å². The minimum Gasteiger partial charge on any atom is -0.310 e. The van der Waals surface area contributed by atoms with Gasteiger partial charge >= 0.3 is 0 Å². The Morgan fingerprint density at radius 1 is 0.488 bits per heavy atom. The highest BCUT2D eigenvalue weighted by atomic mass is 28.3. The largest absolute Gasteiger partial charge is 0.310 e. The van der Waals surface area contributed by atoms with Gasteiger partial charge in [-0.3, -0.25) is 9.97 Å². The Kier molecular flexibility index (Phi) is 7.63. The van der Waals surface area contributed by atoms with Crippen molar-refractivity contribution in [3.63, 3.8) is 0 Å². The van der Waals surface area contributed by atoms with Gasteiger partial charge in [0.05, 0.1) is 33.2 Å². The summed E-state index contributed by atoms with van der Waals surface area (Å²) >= 11 is 0. The molecular formula is C38H39N3Si2. The smallest absolute Gasteiger partial charge is 0.0796 e. The van der Waals surface area contributed by atoms with Crippen LogP contribution in [0.4, 0.5) is 17.1 Å². The van der Waals surface area contributed by atoms with Gasteiger partial charge in [0.15, 0.2) is 0 Å². The summed E-state index contributed by atoms with van der Waals surface area (Å²) in [6.07, 6.45) is 4.14. The first-order valence-electron chi connectivity index (χ1n) is 15.0. The number of aromatic nitrogens is 2. The molecular weight excluding hydrogens is 555 g/mol. The van der Waals surface area contributed by atoms with E-state index in [1.807, 2.05) is 0 Å². The Hall–Kier alpha value is -4.33. The van der Waals surface area contributed by atoms with Crippen molar-refractivity contribution in [3.05, 3.63) is 128 Å². The van der Waals surface area contributed by atoms with E-state index < -0.39 is 16.1 Å². The first-order chi connectivity index (χ1) is 20.6. The SMILES string of the molecule is C[Si](C)(C)c1ccc(-c2cccc(N(c3cccc(-c4ccc([Si](C)(C)C)cn4)c3)c3cccc4ccccc34)c2)nc1. The Morgan fingerprint density at radius 2 is 0.977 bits per heavy atom. The second-order valence-electron chi connectivity index (χ2n) is 13.3. The minimum atomic E-state index is -1.42. The standard InChI is InChI=1S/C38H39N3Si2/c1-42(2,3)33-20-22-36(39-26-33)29-14-9-16-31(24-29)41(38-19-11-13-28-12-7-8-18-35(28)38)32-17-10-15-30(25-32)37-23-21-34(27-40-37)43(4,5)6/h7-27H,1-6H3. The number of nitrogens with zero attached hydrogens (tertiary/aromatic N) is 3. The molecule has 0 spiro atoms. The molecule has 0 aliphatic heterocycles. The number of hydrogen-bond donors (Lipinski definition) is 0. The summed E-state index contributed by atoms with van der Waals surface area (Å²) in [4.78, 5) is 12.2. The lowest BCUT2D eigenvalue weighted by atomic mass is 10.0. The highest BCUT2D eigenvalue weighted by molar-refractivity contribution is 6.89. The van der Waals surface area contributed by atoms with Gasteiger partial charge in [0.2, 0.25) is 0 Å². The first-order valence-corrected chi connectivity index (χ1v) is 22.0. The topological polar surface area (TPSA) is 29.0 Å². The molecule has 214 valence electrons. The second-order valence-corrected chi connectivity index (χ2v) is 23.5. The molecule has 0 amide bonds. The molecule has 2 heterocycles. The van der Waals surface area contributed by atoms with E-state index in [1.54, 1.807) is 0 Å². The molecule has 3 nitrogen and oxygen atoms in total. The highest BCUT2D eigenvalue weighted by Crippen LogP contribution is 2.40. The van der Waals surface area contributed by atoms with Gasteiger partial charge < -0.3 is 4.90 Å². The van der Waals surface area contributed by atoms with E-state index in [4.69, 9.17) is 9.97 Å². The van der Waals surface area contributed by atoms with Crippen LogP contribution in [0.3, 0.4) is 0 Å². The van der Waals surface area contributed by atoms with Gasteiger partial charge in [-0.2, -0.15) is 0 Å². The van der Waals surface area contributed by atoms with E-state index in [2.05, 4.69) is 172 Å². The molecule has 0 saturated heterocycles. The van der Waals surface area contributed by atoms with E-state index in [9.17, 15) is 0 Å². The fourth-order valence-electron chi connectivity index (χ4n) is 5.46. The van der Waals surface area contributed by atoms with Crippen molar-refractivity contribution < 1.29 is 0 Å². The summed E-state index contributed by atoms with van der Waals surface area (Å²) in [5, 5.41) is 5.15. The summed E-state index contributed by atoms with van der Waals surface area (Å²) in [6, 6.07) is 41.5. The molecule has 0 bridgehead atoms. The van der Waals surface area contributed by atoms with E-state index >= 15 is 0 Å². The Labute approximate surface area is 257 Å². The van der Waals surface area contributed by atoms with Gasteiger partial charge in [-0.25, -0.2) is 0 Å². The maximum atomic E-state index is 4.90. The van der Waals surface area contributed by atoms with Crippen molar-refractivity contribution in [2.24, 2.45) is 0 Å². The highest BCUT2D eigenvalue weighted by Gasteiger charge is 2.20. The fraction of sp³-hybridized carbons (Fsp3) is 0.158. The summed E-state index contributed by atoms with van der Waals surface area (Å²) in [6.45, 7) is 14.1. The van der Waals surface area contributed by atoms with Crippen molar-refractivity contribution in [1.82, 2.24) is 9.97 Å². The molecule has 5 heteroatoms. The Balaban J connectivity index is 1.48. The lowest BCUT2D eigenvalue weighted by Gasteiger charge is -2.28. The van der Waals surface area contributed by atoms with Crippen LogP contribution in [0.15, 0.2) is 128 Å². The third kappa shape index (κ3) is 6.10. The molecule has 0 aliphatic rings.